The summed E-state index contributed by atoms with van der Waals surface area (Å²) in [4.78, 5) is 0. The quantitative estimate of drug-likeness (QED) is 0.818. The zero-order chi connectivity index (χ0) is 11.6. The third-order valence-corrected chi connectivity index (χ3v) is 5.77. The van der Waals surface area contributed by atoms with E-state index in [4.69, 9.17) is 5.26 Å². The minimum atomic E-state index is -3.29. The van der Waals surface area contributed by atoms with Gasteiger partial charge in [0, 0.05) is 0 Å². The molecule has 0 aromatic rings. The van der Waals surface area contributed by atoms with Gasteiger partial charge in [-0.25, -0.2) is 8.42 Å². The van der Waals surface area contributed by atoms with Gasteiger partial charge in [-0.1, -0.05) is 25.7 Å². The highest BCUT2D eigenvalue weighted by molar-refractivity contribution is 7.90. The molecule has 90 valence electrons. The maximum absolute atomic E-state index is 12.1. The molecular formula is C11H18N2O2S. The summed E-state index contributed by atoms with van der Waals surface area (Å²) in [5.74, 6) is 0. The Labute approximate surface area is 97.1 Å². The fraction of sp³-hybridized carbons (Fsp3) is 0.909. The predicted molar refractivity (Wildman–Crippen MR) is 61.1 cm³/mol. The maximum atomic E-state index is 12.1. The fourth-order valence-electron chi connectivity index (χ4n) is 2.77. The van der Waals surface area contributed by atoms with Crippen LogP contribution in [-0.4, -0.2) is 19.2 Å². The van der Waals surface area contributed by atoms with Crippen LogP contribution in [0, 0.1) is 11.3 Å². The highest BCUT2D eigenvalue weighted by Crippen LogP contribution is 2.32. The number of sulfonamides is 1. The van der Waals surface area contributed by atoms with Crippen LogP contribution in [0.25, 0.3) is 0 Å². The Bertz CT molecular complexity index is 385. The molecule has 2 aliphatic rings. The third-order valence-electron chi connectivity index (χ3n) is 3.75. The van der Waals surface area contributed by atoms with Gasteiger partial charge in [-0.05, 0) is 25.7 Å². The highest BCUT2D eigenvalue weighted by Gasteiger charge is 2.40. The van der Waals surface area contributed by atoms with Crippen molar-refractivity contribution in [3.8, 4) is 6.07 Å². The minimum absolute atomic E-state index is 0.265. The normalized spacial score (nSPS) is 25.7. The predicted octanol–water partition coefficient (Wildman–Crippen LogP) is 1.68. The first-order valence-electron chi connectivity index (χ1n) is 6.02. The summed E-state index contributed by atoms with van der Waals surface area (Å²) in [7, 11) is -3.29. The first kappa shape index (κ1) is 11.9. The second-order valence-electron chi connectivity index (χ2n) is 4.95. The van der Waals surface area contributed by atoms with Crippen LogP contribution >= 0.6 is 0 Å². The van der Waals surface area contributed by atoms with E-state index in [1.165, 1.54) is 0 Å². The van der Waals surface area contributed by atoms with E-state index < -0.39 is 15.6 Å². The number of nitrogens with one attached hydrogen (secondary N) is 1. The lowest BCUT2D eigenvalue weighted by atomic mass is 10.0. The lowest BCUT2D eigenvalue weighted by Crippen LogP contribution is -2.48. The van der Waals surface area contributed by atoms with Gasteiger partial charge in [0.15, 0.2) is 0 Å². The Hall–Kier alpha value is -0.600. The molecule has 0 radical (unpaired) electrons. The second kappa shape index (κ2) is 4.34. The standard InChI is InChI=1S/C11H18N2O2S/c12-9-11(7-3-4-8-11)13-16(14,15)10-5-1-2-6-10/h10,13H,1-8H2. The van der Waals surface area contributed by atoms with E-state index in [-0.39, 0.29) is 5.25 Å². The van der Waals surface area contributed by atoms with Crippen LogP contribution in [0.1, 0.15) is 51.4 Å². The van der Waals surface area contributed by atoms with Gasteiger partial charge in [0.2, 0.25) is 10.0 Å². The van der Waals surface area contributed by atoms with E-state index in [1.807, 2.05) is 0 Å². The molecule has 0 aliphatic heterocycles. The third kappa shape index (κ3) is 2.23. The number of nitriles is 1. The molecule has 4 nitrogen and oxygen atoms in total. The van der Waals surface area contributed by atoms with E-state index in [0.29, 0.717) is 12.8 Å². The SMILES string of the molecule is N#CC1(NS(=O)(=O)C2CCCC2)CCCC1. The number of hydrogen-bond donors (Lipinski definition) is 1. The molecule has 2 fully saturated rings. The lowest BCUT2D eigenvalue weighted by molar-refractivity contribution is 0.478. The van der Waals surface area contributed by atoms with Crippen LogP contribution < -0.4 is 4.72 Å². The van der Waals surface area contributed by atoms with Gasteiger partial charge < -0.3 is 0 Å². The van der Waals surface area contributed by atoms with Gasteiger partial charge in [-0.2, -0.15) is 9.98 Å². The molecule has 0 aromatic carbocycles. The zero-order valence-electron chi connectivity index (χ0n) is 9.41. The first-order chi connectivity index (χ1) is 7.58. The molecule has 0 saturated heterocycles. The molecular weight excluding hydrogens is 224 g/mol. The zero-order valence-corrected chi connectivity index (χ0v) is 10.2. The smallest absolute Gasteiger partial charge is 0.212 e. The first-order valence-corrected chi connectivity index (χ1v) is 7.57. The molecule has 0 aromatic heterocycles. The van der Waals surface area contributed by atoms with Gasteiger partial charge >= 0.3 is 0 Å². The average molecular weight is 242 g/mol. The summed E-state index contributed by atoms with van der Waals surface area (Å²) >= 11 is 0. The van der Waals surface area contributed by atoms with Crippen molar-refractivity contribution in [1.82, 2.24) is 4.72 Å². The second-order valence-corrected chi connectivity index (χ2v) is 6.92. The van der Waals surface area contributed by atoms with Crippen molar-refractivity contribution in [2.75, 3.05) is 0 Å². The average Bonchev–Trinajstić information content (AvgIpc) is 2.87. The largest absolute Gasteiger partial charge is 0.215 e. The molecule has 5 heteroatoms. The maximum Gasteiger partial charge on any atom is 0.215 e. The van der Waals surface area contributed by atoms with Crippen molar-refractivity contribution in [2.24, 2.45) is 0 Å². The van der Waals surface area contributed by atoms with Crippen LogP contribution in [0.2, 0.25) is 0 Å². The molecule has 0 spiro atoms. The number of rotatable bonds is 3. The van der Waals surface area contributed by atoms with E-state index >= 15 is 0 Å². The molecule has 0 heterocycles. The molecule has 0 unspecified atom stereocenters. The summed E-state index contributed by atoms with van der Waals surface area (Å²) < 4.78 is 26.9. The summed E-state index contributed by atoms with van der Waals surface area (Å²) in [6.07, 6.45) is 6.69. The minimum Gasteiger partial charge on any atom is -0.212 e. The van der Waals surface area contributed by atoms with Crippen LogP contribution in [0.5, 0.6) is 0 Å². The molecule has 2 saturated carbocycles. The van der Waals surface area contributed by atoms with Gasteiger partial charge in [0.05, 0.1) is 11.3 Å². The summed E-state index contributed by atoms with van der Waals surface area (Å²) in [6.45, 7) is 0. The molecule has 2 aliphatic carbocycles. The van der Waals surface area contributed by atoms with Crippen molar-refractivity contribution >= 4 is 10.0 Å². The molecule has 16 heavy (non-hydrogen) atoms. The molecule has 0 amide bonds. The Balaban J connectivity index is 2.10. The van der Waals surface area contributed by atoms with Crippen LogP contribution in [0.4, 0.5) is 0 Å². The monoisotopic (exact) mass is 242 g/mol. The molecule has 0 bridgehead atoms. The molecule has 1 N–H and O–H groups in total. The van der Waals surface area contributed by atoms with E-state index in [1.54, 1.807) is 0 Å². The Morgan fingerprint density at radius 1 is 1.12 bits per heavy atom. The number of nitrogens with zero attached hydrogens (tertiary/aromatic N) is 1. The topological polar surface area (TPSA) is 70.0 Å². The summed E-state index contributed by atoms with van der Waals surface area (Å²) in [5, 5.41) is 8.88. The van der Waals surface area contributed by atoms with Gasteiger partial charge in [-0.15, -0.1) is 0 Å². The van der Waals surface area contributed by atoms with Crippen molar-refractivity contribution in [1.29, 1.82) is 5.26 Å². The molecule has 0 atom stereocenters. The Morgan fingerprint density at radius 3 is 2.19 bits per heavy atom. The Morgan fingerprint density at radius 2 is 1.69 bits per heavy atom. The number of hydrogen-bond acceptors (Lipinski definition) is 3. The van der Waals surface area contributed by atoms with Crippen molar-refractivity contribution in [2.45, 2.75) is 62.2 Å². The lowest BCUT2D eigenvalue weighted by Gasteiger charge is -2.24. The van der Waals surface area contributed by atoms with Crippen LogP contribution in [0.3, 0.4) is 0 Å². The van der Waals surface area contributed by atoms with E-state index in [9.17, 15) is 8.42 Å². The highest BCUT2D eigenvalue weighted by atomic mass is 32.2. The van der Waals surface area contributed by atoms with E-state index in [2.05, 4.69) is 10.8 Å². The fourth-order valence-corrected chi connectivity index (χ4v) is 4.68. The summed E-state index contributed by atoms with van der Waals surface area (Å²) in [6, 6.07) is 2.17. The Kier molecular flexibility index (Phi) is 3.22. The summed E-state index contributed by atoms with van der Waals surface area (Å²) in [5.41, 5.74) is -0.804. The molecule has 2 rings (SSSR count). The van der Waals surface area contributed by atoms with Crippen LogP contribution in [0.15, 0.2) is 0 Å². The van der Waals surface area contributed by atoms with Crippen molar-refractivity contribution in [3.05, 3.63) is 0 Å². The van der Waals surface area contributed by atoms with Crippen molar-refractivity contribution in [3.63, 3.8) is 0 Å². The van der Waals surface area contributed by atoms with Gasteiger partial charge in [-0.3, -0.25) is 0 Å². The van der Waals surface area contributed by atoms with E-state index in [0.717, 1.165) is 38.5 Å². The van der Waals surface area contributed by atoms with Gasteiger partial charge in [0.25, 0.3) is 0 Å². The van der Waals surface area contributed by atoms with Crippen LogP contribution in [-0.2, 0) is 10.0 Å². The van der Waals surface area contributed by atoms with Gasteiger partial charge in [0.1, 0.15) is 5.54 Å². The van der Waals surface area contributed by atoms with Crippen molar-refractivity contribution < 1.29 is 8.42 Å².